The summed E-state index contributed by atoms with van der Waals surface area (Å²) in [7, 11) is 5.81. The number of pyridine rings is 1. The van der Waals surface area contributed by atoms with E-state index in [1.54, 1.807) is 19.4 Å². The molecule has 4 aromatic rings. The van der Waals surface area contributed by atoms with Gasteiger partial charge in [-0.1, -0.05) is 12.1 Å². The highest BCUT2D eigenvalue weighted by atomic mass is 16.5. The van der Waals surface area contributed by atoms with Crippen molar-refractivity contribution in [3.05, 3.63) is 70.6 Å². The molecule has 0 radical (unpaired) electrons. The van der Waals surface area contributed by atoms with E-state index in [-0.39, 0.29) is 15.9 Å². The largest absolute Gasteiger partial charge is 0.493 e. The summed E-state index contributed by atoms with van der Waals surface area (Å²) in [5.41, 5.74) is 2.83. The molecule has 9 nitrogen and oxygen atoms in total. The molecule has 0 bridgehead atoms. The second-order valence-electron chi connectivity index (χ2n) is 9.31. The predicted molar refractivity (Wildman–Crippen MR) is 148 cm³/mol. The zero-order valence-electron chi connectivity index (χ0n) is 20.8. The van der Waals surface area contributed by atoms with Crippen molar-refractivity contribution in [2.24, 2.45) is 0 Å². The monoisotopic (exact) mass is 492 g/mol. The Balaban J connectivity index is 0.00000178. The molecular weight excluding hydrogens is 456 g/mol. The van der Waals surface area contributed by atoms with Crippen molar-refractivity contribution < 1.29 is 13.8 Å². The van der Waals surface area contributed by atoms with Crippen LogP contribution >= 0.6 is 0 Å². The number of anilines is 4. The van der Waals surface area contributed by atoms with Crippen LogP contribution in [0.25, 0.3) is 10.9 Å². The van der Waals surface area contributed by atoms with Gasteiger partial charge in [0.2, 0.25) is 5.95 Å². The first-order chi connectivity index (χ1) is 17.4. The van der Waals surface area contributed by atoms with Gasteiger partial charge in [0.1, 0.15) is 17.6 Å². The number of nitrogens with one attached hydrogen (secondary N) is 3. The molecule has 1 fully saturated rings. The molecule has 3 N–H and O–H groups in total. The lowest BCUT2D eigenvalue weighted by Gasteiger charge is -2.39. The average Bonchev–Trinajstić information content (AvgIpc) is 2.82. The first kappa shape index (κ1) is 23.6. The Labute approximate surface area is 214 Å². The minimum atomic E-state index is -0.218. The second-order valence-corrected chi connectivity index (χ2v) is 9.31. The van der Waals surface area contributed by atoms with Crippen LogP contribution in [0.3, 0.4) is 0 Å². The molecule has 1 aliphatic carbocycles. The number of fused-ring (bicyclic) bond motifs is 1. The number of aromatic amines is 1. The summed E-state index contributed by atoms with van der Waals surface area (Å²) < 4.78 is 11.7. The number of hydrogen-bond acceptors (Lipinski definition) is 8. The topological polar surface area (TPSA) is 104 Å². The zero-order chi connectivity index (χ0) is 25.2. The summed E-state index contributed by atoms with van der Waals surface area (Å²) in [5.74, 6) is 2.24. The number of ether oxygens (including phenoxy) is 2. The van der Waals surface area contributed by atoms with E-state index < -0.39 is 0 Å². The van der Waals surface area contributed by atoms with Gasteiger partial charge in [-0.2, -0.15) is 4.98 Å². The van der Waals surface area contributed by atoms with Crippen molar-refractivity contribution >= 4 is 34.0 Å². The summed E-state index contributed by atoms with van der Waals surface area (Å²) in [4.78, 5) is 26.5. The minimum absolute atomic E-state index is 0. The first-order valence-corrected chi connectivity index (χ1v) is 11.9. The third-order valence-electron chi connectivity index (χ3n) is 6.43. The Bertz CT molecular complexity index is 1460. The lowest BCUT2D eigenvalue weighted by Crippen LogP contribution is -2.46. The van der Waals surface area contributed by atoms with Crippen LogP contribution in [0.4, 0.5) is 23.1 Å². The number of rotatable bonds is 8. The van der Waals surface area contributed by atoms with E-state index in [2.05, 4.69) is 44.6 Å². The van der Waals surface area contributed by atoms with Crippen molar-refractivity contribution in [1.29, 1.82) is 0 Å². The minimum Gasteiger partial charge on any atom is -0.493 e. The summed E-state index contributed by atoms with van der Waals surface area (Å²) in [6.07, 6.45) is 3.83. The fraction of sp³-hybridized carbons (Fsp3) is 0.296. The van der Waals surface area contributed by atoms with Crippen molar-refractivity contribution in [3.8, 4) is 11.5 Å². The highest BCUT2D eigenvalue weighted by Crippen LogP contribution is 2.36. The molecule has 2 heterocycles. The number of H-pyrrole nitrogens is 1. The molecular formula is C27H36N6O3. The average molecular weight is 493 g/mol. The van der Waals surface area contributed by atoms with Crippen LogP contribution in [0.1, 0.15) is 22.7 Å². The molecule has 1 saturated carbocycles. The molecule has 5 rings (SSSR count). The molecule has 36 heavy (non-hydrogen) atoms. The highest BCUT2D eigenvalue weighted by Gasteiger charge is 2.32. The summed E-state index contributed by atoms with van der Waals surface area (Å²) >= 11 is 0. The van der Waals surface area contributed by atoms with Gasteiger partial charge in [0, 0.05) is 39.2 Å². The standard InChI is InChI=1S/C27H30N6O3.3H2/c1-16-5-6-17-12-22(26(34)31-21(17)11-16)30-25-9-10-28-27(32-25)29-18-7-8-23(24(13-18)35-4)36-20-14-19(15-20)33(2)3;;;/h5-13,19-20H,14-15H2,1-4H3,(H,31,34)(H2,28,29,30,32);3*1H. The van der Waals surface area contributed by atoms with Crippen LogP contribution in [-0.4, -0.2) is 53.2 Å². The SMILES string of the molecule is COc1cc(Nc2nccc(Nc3cc4ccc(C)cc4[nH]c3=O)n2)ccc1OC1CC(N(C)C)C1.[HH].[HH].[HH]. The van der Waals surface area contributed by atoms with Crippen LogP contribution in [0.2, 0.25) is 0 Å². The number of nitrogens with zero attached hydrogens (tertiary/aromatic N) is 3. The summed E-state index contributed by atoms with van der Waals surface area (Å²) in [6.45, 7) is 1.99. The van der Waals surface area contributed by atoms with Gasteiger partial charge in [0.05, 0.1) is 7.11 Å². The van der Waals surface area contributed by atoms with E-state index in [4.69, 9.17) is 9.47 Å². The van der Waals surface area contributed by atoms with E-state index >= 15 is 0 Å². The van der Waals surface area contributed by atoms with Crippen LogP contribution in [0, 0.1) is 6.92 Å². The lowest BCUT2D eigenvalue weighted by atomic mass is 9.88. The van der Waals surface area contributed by atoms with Gasteiger partial charge in [-0.15, -0.1) is 0 Å². The highest BCUT2D eigenvalue weighted by molar-refractivity contribution is 5.82. The summed E-state index contributed by atoms with van der Waals surface area (Å²) in [5, 5.41) is 7.23. The van der Waals surface area contributed by atoms with Crippen LogP contribution in [-0.2, 0) is 0 Å². The molecule has 1 aliphatic rings. The second kappa shape index (κ2) is 9.87. The Morgan fingerprint density at radius 3 is 2.67 bits per heavy atom. The van der Waals surface area contributed by atoms with Crippen LogP contribution in [0.5, 0.6) is 11.5 Å². The van der Waals surface area contributed by atoms with Gasteiger partial charge >= 0.3 is 0 Å². The zero-order valence-corrected chi connectivity index (χ0v) is 20.8. The van der Waals surface area contributed by atoms with Gasteiger partial charge in [0.25, 0.3) is 5.56 Å². The number of hydrogen-bond donors (Lipinski definition) is 3. The van der Waals surface area contributed by atoms with E-state index in [0.29, 0.717) is 35.0 Å². The van der Waals surface area contributed by atoms with Gasteiger partial charge in [-0.05, 0) is 69.8 Å². The maximum absolute atomic E-state index is 12.6. The molecule has 0 amide bonds. The van der Waals surface area contributed by atoms with Gasteiger partial charge < -0.3 is 30.0 Å². The smallest absolute Gasteiger partial charge is 0.272 e. The quantitative estimate of drug-likeness (QED) is 0.303. The van der Waals surface area contributed by atoms with E-state index in [1.165, 1.54) is 0 Å². The Morgan fingerprint density at radius 1 is 1.06 bits per heavy atom. The van der Waals surface area contributed by atoms with E-state index in [0.717, 1.165) is 35.0 Å². The lowest BCUT2D eigenvalue weighted by molar-refractivity contribution is 0.0383. The Morgan fingerprint density at radius 2 is 1.89 bits per heavy atom. The predicted octanol–water partition coefficient (Wildman–Crippen LogP) is 5.33. The van der Waals surface area contributed by atoms with Crippen molar-refractivity contribution in [2.75, 3.05) is 31.8 Å². The normalized spacial score (nSPS) is 17.0. The molecule has 0 atom stereocenters. The molecule has 192 valence electrons. The first-order valence-electron chi connectivity index (χ1n) is 11.9. The summed E-state index contributed by atoms with van der Waals surface area (Å²) in [6, 6.07) is 15.7. The number of methoxy groups -OCH3 is 1. The third kappa shape index (κ3) is 5.11. The molecule has 0 aliphatic heterocycles. The van der Waals surface area contributed by atoms with Crippen LogP contribution < -0.4 is 25.7 Å². The Hall–Kier alpha value is -4.11. The molecule has 0 unspecified atom stereocenters. The van der Waals surface area contributed by atoms with E-state index in [1.807, 2.05) is 49.4 Å². The number of benzene rings is 2. The molecule has 2 aromatic heterocycles. The van der Waals surface area contributed by atoms with Gasteiger partial charge in [-0.3, -0.25) is 4.79 Å². The number of aromatic nitrogens is 3. The molecule has 9 heteroatoms. The van der Waals surface area contributed by atoms with Crippen molar-refractivity contribution in [2.45, 2.75) is 31.9 Å². The van der Waals surface area contributed by atoms with Crippen molar-refractivity contribution in [1.82, 2.24) is 19.9 Å². The maximum atomic E-state index is 12.6. The van der Waals surface area contributed by atoms with Crippen LogP contribution in [0.15, 0.2) is 59.5 Å². The Kier molecular flexibility index (Phi) is 6.47. The fourth-order valence-corrected chi connectivity index (χ4v) is 4.24. The van der Waals surface area contributed by atoms with Gasteiger partial charge in [-0.25, -0.2) is 4.98 Å². The van der Waals surface area contributed by atoms with Crippen molar-refractivity contribution in [3.63, 3.8) is 0 Å². The van der Waals surface area contributed by atoms with Gasteiger partial charge in [0.15, 0.2) is 11.5 Å². The number of aryl methyl sites for hydroxylation is 1. The molecule has 0 saturated heterocycles. The maximum Gasteiger partial charge on any atom is 0.272 e. The molecule has 2 aromatic carbocycles. The third-order valence-corrected chi connectivity index (χ3v) is 6.43. The molecule has 0 spiro atoms. The van der Waals surface area contributed by atoms with E-state index in [9.17, 15) is 4.79 Å². The fourth-order valence-electron chi connectivity index (χ4n) is 4.24.